The van der Waals surface area contributed by atoms with Crippen molar-refractivity contribution in [2.75, 3.05) is 7.11 Å². The zero-order valence-electron chi connectivity index (χ0n) is 11.9. The van der Waals surface area contributed by atoms with Gasteiger partial charge in [-0.25, -0.2) is 0 Å². The Morgan fingerprint density at radius 3 is 2.44 bits per heavy atom. The predicted octanol–water partition coefficient (Wildman–Crippen LogP) is 2.89. The van der Waals surface area contributed by atoms with Crippen molar-refractivity contribution in [3.8, 4) is 5.75 Å². The number of carbonyl (C=O) groups is 1. The van der Waals surface area contributed by atoms with Crippen LogP contribution < -0.4 is 10.1 Å². The fourth-order valence-electron chi connectivity index (χ4n) is 1.90. The summed E-state index contributed by atoms with van der Waals surface area (Å²) in [5.41, 5.74) is 2.17. The number of amides is 1. The molecule has 0 heterocycles. The van der Waals surface area contributed by atoms with E-state index in [2.05, 4.69) is 25.2 Å². The van der Waals surface area contributed by atoms with Gasteiger partial charge < -0.3 is 10.1 Å². The third-order valence-electron chi connectivity index (χ3n) is 2.73. The summed E-state index contributed by atoms with van der Waals surface area (Å²) in [5.74, 6) is 1.33. The summed E-state index contributed by atoms with van der Waals surface area (Å²) in [6.45, 7) is 8.17. The number of nitrogens with one attached hydrogen (secondary N) is 1. The number of rotatable bonds is 5. The summed E-state index contributed by atoms with van der Waals surface area (Å²) in [6.07, 6.45) is 0.419. The lowest BCUT2D eigenvalue weighted by Crippen LogP contribution is -2.31. The topological polar surface area (TPSA) is 38.3 Å². The van der Waals surface area contributed by atoms with Gasteiger partial charge >= 0.3 is 0 Å². The fourth-order valence-corrected chi connectivity index (χ4v) is 1.90. The molecular formula is C15H23NO2. The molecule has 18 heavy (non-hydrogen) atoms. The van der Waals surface area contributed by atoms with Crippen LogP contribution in [0.15, 0.2) is 18.2 Å². The minimum absolute atomic E-state index is 0.0601. The maximum absolute atomic E-state index is 11.7. The summed E-state index contributed by atoms with van der Waals surface area (Å²) in [7, 11) is 1.67. The Morgan fingerprint density at radius 1 is 1.28 bits per heavy atom. The van der Waals surface area contributed by atoms with Crippen LogP contribution in [0.4, 0.5) is 0 Å². The first kappa shape index (κ1) is 14.6. The minimum atomic E-state index is 0.0601. The average Bonchev–Trinajstić information content (AvgIpc) is 2.27. The second-order valence-corrected chi connectivity index (χ2v) is 5.13. The molecule has 0 bridgehead atoms. The van der Waals surface area contributed by atoms with Gasteiger partial charge in [0.1, 0.15) is 5.75 Å². The normalized spacial score (nSPS) is 10.8. The standard InChI is InChI=1S/C15H23NO2/c1-10(2)13-8-12(6-7-14(13)18-5)9-15(17)16-11(3)4/h6-8,10-11H,9H2,1-5H3,(H,16,17). The Labute approximate surface area is 110 Å². The highest BCUT2D eigenvalue weighted by Gasteiger charge is 2.10. The van der Waals surface area contributed by atoms with E-state index in [9.17, 15) is 4.79 Å². The fraction of sp³-hybridized carbons (Fsp3) is 0.533. The van der Waals surface area contributed by atoms with E-state index in [0.29, 0.717) is 12.3 Å². The highest BCUT2D eigenvalue weighted by atomic mass is 16.5. The monoisotopic (exact) mass is 249 g/mol. The van der Waals surface area contributed by atoms with E-state index in [-0.39, 0.29) is 11.9 Å². The Bertz CT molecular complexity index is 411. The molecule has 1 N–H and O–H groups in total. The van der Waals surface area contributed by atoms with E-state index < -0.39 is 0 Å². The van der Waals surface area contributed by atoms with Crippen LogP contribution in [0.2, 0.25) is 0 Å². The van der Waals surface area contributed by atoms with Crippen LogP contribution in [0.5, 0.6) is 5.75 Å². The van der Waals surface area contributed by atoms with Crippen molar-refractivity contribution in [3.63, 3.8) is 0 Å². The van der Waals surface area contributed by atoms with Crippen molar-refractivity contribution in [1.82, 2.24) is 5.32 Å². The first-order chi connectivity index (χ1) is 8.43. The Hall–Kier alpha value is -1.51. The zero-order chi connectivity index (χ0) is 13.7. The molecule has 0 aliphatic rings. The first-order valence-electron chi connectivity index (χ1n) is 6.40. The van der Waals surface area contributed by atoms with E-state index in [4.69, 9.17) is 4.74 Å². The maximum atomic E-state index is 11.7. The van der Waals surface area contributed by atoms with Crippen LogP contribution in [0.3, 0.4) is 0 Å². The Kier molecular flexibility index (Phi) is 5.20. The second kappa shape index (κ2) is 6.43. The third kappa shape index (κ3) is 4.06. The Balaban J connectivity index is 2.85. The Morgan fingerprint density at radius 2 is 1.94 bits per heavy atom. The molecule has 1 amide bonds. The molecule has 0 spiro atoms. The van der Waals surface area contributed by atoms with Crippen LogP contribution in [-0.2, 0) is 11.2 Å². The number of benzene rings is 1. The van der Waals surface area contributed by atoms with Gasteiger partial charge in [0.05, 0.1) is 13.5 Å². The van der Waals surface area contributed by atoms with Gasteiger partial charge in [-0.2, -0.15) is 0 Å². The van der Waals surface area contributed by atoms with Gasteiger partial charge in [0.2, 0.25) is 5.91 Å². The van der Waals surface area contributed by atoms with Crippen LogP contribution in [0.25, 0.3) is 0 Å². The van der Waals surface area contributed by atoms with E-state index >= 15 is 0 Å². The smallest absolute Gasteiger partial charge is 0.224 e. The molecule has 0 aromatic heterocycles. The molecule has 0 unspecified atom stereocenters. The van der Waals surface area contributed by atoms with Crippen molar-refractivity contribution < 1.29 is 9.53 Å². The summed E-state index contributed by atoms with van der Waals surface area (Å²) in [5, 5.41) is 2.90. The van der Waals surface area contributed by atoms with Gasteiger partial charge in [0, 0.05) is 6.04 Å². The lowest BCUT2D eigenvalue weighted by atomic mass is 9.98. The van der Waals surface area contributed by atoms with E-state index in [1.165, 1.54) is 0 Å². The summed E-state index contributed by atoms with van der Waals surface area (Å²) < 4.78 is 5.33. The third-order valence-corrected chi connectivity index (χ3v) is 2.73. The largest absolute Gasteiger partial charge is 0.496 e. The van der Waals surface area contributed by atoms with Crippen molar-refractivity contribution in [2.45, 2.75) is 46.1 Å². The molecule has 0 radical (unpaired) electrons. The van der Waals surface area contributed by atoms with Gasteiger partial charge in [-0.15, -0.1) is 0 Å². The predicted molar refractivity (Wildman–Crippen MR) is 74.1 cm³/mol. The molecular weight excluding hydrogens is 226 g/mol. The number of hydrogen-bond donors (Lipinski definition) is 1. The number of carbonyl (C=O) groups excluding carboxylic acids is 1. The van der Waals surface area contributed by atoms with Crippen LogP contribution >= 0.6 is 0 Å². The molecule has 0 atom stereocenters. The van der Waals surface area contributed by atoms with Gasteiger partial charge in [-0.3, -0.25) is 4.79 Å². The molecule has 0 fully saturated rings. The molecule has 1 aromatic rings. The molecule has 3 heteroatoms. The highest BCUT2D eigenvalue weighted by Crippen LogP contribution is 2.27. The minimum Gasteiger partial charge on any atom is -0.496 e. The van der Waals surface area contributed by atoms with Gasteiger partial charge in [0.15, 0.2) is 0 Å². The van der Waals surface area contributed by atoms with Crippen molar-refractivity contribution in [1.29, 1.82) is 0 Å². The molecule has 0 saturated carbocycles. The summed E-state index contributed by atoms with van der Waals surface area (Å²) >= 11 is 0. The van der Waals surface area contributed by atoms with Crippen LogP contribution in [0.1, 0.15) is 44.7 Å². The first-order valence-corrected chi connectivity index (χ1v) is 6.40. The molecule has 3 nitrogen and oxygen atoms in total. The lowest BCUT2D eigenvalue weighted by molar-refractivity contribution is -0.120. The quantitative estimate of drug-likeness (QED) is 0.871. The van der Waals surface area contributed by atoms with Crippen LogP contribution in [0, 0.1) is 0 Å². The maximum Gasteiger partial charge on any atom is 0.224 e. The lowest BCUT2D eigenvalue weighted by Gasteiger charge is -2.14. The molecule has 1 rings (SSSR count). The molecule has 100 valence electrons. The van der Waals surface area contributed by atoms with Gasteiger partial charge in [0.25, 0.3) is 0 Å². The van der Waals surface area contributed by atoms with E-state index in [1.54, 1.807) is 7.11 Å². The molecule has 0 aliphatic carbocycles. The van der Waals surface area contributed by atoms with E-state index in [1.807, 2.05) is 26.0 Å². The van der Waals surface area contributed by atoms with Crippen molar-refractivity contribution >= 4 is 5.91 Å². The van der Waals surface area contributed by atoms with Gasteiger partial charge in [-0.05, 0) is 37.0 Å². The second-order valence-electron chi connectivity index (χ2n) is 5.13. The van der Waals surface area contributed by atoms with Gasteiger partial charge in [-0.1, -0.05) is 26.0 Å². The number of methoxy groups -OCH3 is 1. The molecule has 0 aliphatic heterocycles. The number of hydrogen-bond acceptors (Lipinski definition) is 2. The number of ether oxygens (including phenoxy) is 1. The van der Waals surface area contributed by atoms with Crippen molar-refractivity contribution in [2.24, 2.45) is 0 Å². The molecule has 1 aromatic carbocycles. The van der Waals surface area contributed by atoms with E-state index in [0.717, 1.165) is 16.9 Å². The average molecular weight is 249 g/mol. The van der Waals surface area contributed by atoms with Crippen LogP contribution in [-0.4, -0.2) is 19.1 Å². The molecule has 0 saturated heterocycles. The summed E-state index contributed by atoms with van der Waals surface area (Å²) in [6, 6.07) is 6.13. The summed E-state index contributed by atoms with van der Waals surface area (Å²) in [4.78, 5) is 11.7. The SMILES string of the molecule is COc1ccc(CC(=O)NC(C)C)cc1C(C)C. The van der Waals surface area contributed by atoms with Crippen molar-refractivity contribution in [3.05, 3.63) is 29.3 Å². The highest BCUT2D eigenvalue weighted by molar-refractivity contribution is 5.78. The zero-order valence-corrected chi connectivity index (χ0v) is 11.9.